The van der Waals surface area contributed by atoms with Crippen LogP contribution >= 0.6 is 12.2 Å². The van der Waals surface area contributed by atoms with Gasteiger partial charge in [0, 0.05) is 5.56 Å². The van der Waals surface area contributed by atoms with Crippen molar-refractivity contribution in [1.29, 1.82) is 0 Å². The van der Waals surface area contributed by atoms with Gasteiger partial charge in [-0.1, -0.05) is 12.2 Å². The Morgan fingerprint density at radius 3 is 2.83 bits per heavy atom. The monoisotopic (exact) mass is 266 g/mol. The third-order valence-electron chi connectivity index (χ3n) is 3.70. The summed E-state index contributed by atoms with van der Waals surface area (Å²) in [7, 11) is 0. The quantitative estimate of drug-likeness (QED) is 0.823. The van der Waals surface area contributed by atoms with Crippen LogP contribution in [0, 0.1) is 5.82 Å². The van der Waals surface area contributed by atoms with Crippen LogP contribution < -0.4 is 11.1 Å². The number of nitrogens with one attached hydrogen (secondary N) is 1. The lowest BCUT2D eigenvalue weighted by Crippen LogP contribution is -2.30. The van der Waals surface area contributed by atoms with Crippen LogP contribution in [0.25, 0.3) is 0 Å². The number of fused-ring (bicyclic) bond motifs is 2. The Morgan fingerprint density at radius 2 is 2.28 bits per heavy atom. The van der Waals surface area contributed by atoms with Crippen LogP contribution in [0.1, 0.15) is 24.8 Å². The zero-order valence-electron chi connectivity index (χ0n) is 9.86. The molecule has 96 valence electrons. The number of ether oxygens (including phenoxy) is 1. The number of thiocarbonyl (C=S) groups is 1. The van der Waals surface area contributed by atoms with Crippen molar-refractivity contribution in [2.75, 3.05) is 5.32 Å². The maximum atomic E-state index is 13.9. The predicted octanol–water partition coefficient (Wildman–Crippen LogP) is 2.19. The minimum Gasteiger partial charge on any atom is -0.389 e. The maximum Gasteiger partial charge on any atom is 0.146 e. The normalized spacial score (nSPS) is 29.5. The van der Waals surface area contributed by atoms with Crippen molar-refractivity contribution < 1.29 is 9.13 Å². The first-order chi connectivity index (χ1) is 8.63. The van der Waals surface area contributed by atoms with E-state index in [4.69, 9.17) is 22.7 Å². The number of halogens is 1. The Kier molecular flexibility index (Phi) is 2.95. The van der Waals surface area contributed by atoms with Crippen LogP contribution in [0.5, 0.6) is 0 Å². The Hall–Kier alpha value is -1.20. The molecule has 3 atom stereocenters. The molecule has 2 saturated heterocycles. The zero-order chi connectivity index (χ0) is 12.7. The molecule has 2 aliphatic rings. The Balaban J connectivity index is 1.75. The van der Waals surface area contributed by atoms with Gasteiger partial charge in [-0.25, -0.2) is 4.39 Å². The molecule has 3 unspecified atom stereocenters. The van der Waals surface area contributed by atoms with Gasteiger partial charge in [-0.3, -0.25) is 0 Å². The molecule has 2 aliphatic heterocycles. The SMILES string of the molecule is NC(=S)c1ccc(NC2CC3CCC2O3)c(F)c1. The zero-order valence-corrected chi connectivity index (χ0v) is 10.7. The fraction of sp³-hybridized carbons (Fsp3) is 0.462. The number of hydrogen-bond donors (Lipinski definition) is 2. The molecule has 0 radical (unpaired) electrons. The Morgan fingerprint density at radius 1 is 1.44 bits per heavy atom. The van der Waals surface area contributed by atoms with E-state index in [0.717, 1.165) is 19.3 Å². The molecule has 2 heterocycles. The lowest BCUT2D eigenvalue weighted by molar-refractivity contribution is 0.102. The molecule has 5 heteroatoms. The van der Waals surface area contributed by atoms with Crippen LogP contribution in [0.2, 0.25) is 0 Å². The molecule has 0 spiro atoms. The molecular weight excluding hydrogens is 251 g/mol. The van der Waals surface area contributed by atoms with Gasteiger partial charge in [-0.15, -0.1) is 0 Å². The number of hydrogen-bond acceptors (Lipinski definition) is 3. The summed E-state index contributed by atoms with van der Waals surface area (Å²) >= 11 is 4.82. The molecular formula is C13H15FN2OS. The van der Waals surface area contributed by atoms with Gasteiger partial charge >= 0.3 is 0 Å². The third-order valence-corrected chi connectivity index (χ3v) is 3.94. The lowest BCUT2D eigenvalue weighted by atomic mass is 9.95. The summed E-state index contributed by atoms with van der Waals surface area (Å²) in [5.74, 6) is -0.317. The topological polar surface area (TPSA) is 47.3 Å². The van der Waals surface area contributed by atoms with Crippen molar-refractivity contribution in [3.8, 4) is 0 Å². The van der Waals surface area contributed by atoms with E-state index < -0.39 is 0 Å². The molecule has 1 aromatic rings. The minimum absolute atomic E-state index is 0.212. The summed E-state index contributed by atoms with van der Waals surface area (Å²) in [5.41, 5.74) is 6.52. The predicted molar refractivity (Wildman–Crippen MR) is 72.2 cm³/mol. The number of anilines is 1. The molecule has 3 nitrogen and oxygen atoms in total. The van der Waals surface area contributed by atoms with E-state index in [0.29, 0.717) is 17.4 Å². The first-order valence-corrected chi connectivity index (χ1v) is 6.55. The molecule has 2 fully saturated rings. The van der Waals surface area contributed by atoms with E-state index in [1.54, 1.807) is 12.1 Å². The van der Waals surface area contributed by atoms with Crippen LogP contribution in [0.3, 0.4) is 0 Å². The summed E-state index contributed by atoms with van der Waals surface area (Å²) in [6.45, 7) is 0. The van der Waals surface area contributed by atoms with Crippen LogP contribution in [0.4, 0.5) is 10.1 Å². The third kappa shape index (κ3) is 2.08. The van der Waals surface area contributed by atoms with Crippen LogP contribution in [-0.2, 0) is 4.74 Å². The van der Waals surface area contributed by atoms with Gasteiger partial charge < -0.3 is 15.8 Å². The maximum absolute atomic E-state index is 13.9. The van der Waals surface area contributed by atoms with Crippen LogP contribution in [-0.4, -0.2) is 23.2 Å². The smallest absolute Gasteiger partial charge is 0.146 e. The fourth-order valence-electron chi connectivity index (χ4n) is 2.77. The number of nitrogens with two attached hydrogens (primary N) is 1. The molecule has 18 heavy (non-hydrogen) atoms. The molecule has 3 rings (SSSR count). The van der Waals surface area contributed by atoms with Crippen molar-refractivity contribution in [2.45, 2.75) is 37.5 Å². The number of benzene rings is 1. The summed E-state index contributed by atoms with van der Waals surface area (Å²) in [4.78, 5) is 0.212. The summed E-state index contributed by atoms with van der Waals surface area (Å²) in [6.07, 6.45) is 3.73. The summed E-state index contributed by atoms with van der Waals surface area (Å²) in [5, 5.41) is 3.22. The second-order valence-electron chi connectivity index (χ2n) is 4.92. The van der Waals surface area contributed by atoms with Gasteiger partial charge in [-0.2, -0.15) is 0 Å². The van der Waals surface area contributed by atoms with Gasteiger partial charge in [0.15, 0.2) is 0 Å². The second kappa shape index (κ2) is 4.48. The molecule has 2 bridgehead atoms. The lowest BCUT2D eigenvalue weighted by Gasteiger charge is -2.21. The largest absolute Gasteiger partial charge is 0.389 e. The highest BCUT2D eigenvalue weighted by Gasteiger charge is 2.40. The van der Waals surface area contributed by atoms with E-state index >= 15 is 0 Å². The van der Waals surface area contributed by atoms with E-state index in [9.17, 15) is 4.39 Å². The van der Waals surface area contributed by atoms with Gasteiger partial charge in [0.2, 0.25) is 0 Å². The van der Waals surface area contributed by atoms with Crippen molar-refractivity contribution in [3.63, 3.8) is 0 Å². The molecule has 0 amide bonds. The molecule has 3 N–H and O–H groups in total. The minimum atomic E-state index is -0.317. The highest BCUT2D eigenvalue weighted by atomic mass is 32.1. The standard InChI is InChI=1S/C13H15FN2OS/c14-9-5-7(13(15)18)1-3-10(9)16-11-6-8-2-4-12(11)17-8/h1,3,5,8,11-12,16H,2,4,6H2,(H2,15,18). The van der Waals surface area contributed by atoms with E-state index in [1.807, 2.05) is 0 Å². The average Bonchev–Trinajstić information content (AvgIpc) is 2.93. The van der Waals surface area contributed by atoms with E-state index in [2.05, 4.69) is 5.32 Å². The van der Waals surface area contributed by atoms with Crippen molar-refractivity contribution >= 4 is 22.9 Å². The fourth-order valence-corrected chi connectivity index (χ4v) is 2.90. The van der Waals surface area contributed by atoms with E-state index in [1.165, 1.54) is 6.07 Å². The average molecular weight is 266 g/mol. The second-order valence-corrected chi connectivity index (χ2v) is 5.36. The highest BCUT2D eigenvalue weighted by molar-refractivity contribution is 7.80. The number of rotatable bonds is 3. The van der Waals surface area contributed by atoms with Crippen molar-refractivity contribution in [1.82, 2.24) is 0 Å². The van der Waals surface area contributed by atoms with E-state index in [-0.39, 0.29) is 23.0 Å². The van der Waals surface area contributed by atoms with Crippen molar-refractivity contribution in [2.24, 2.45) is 5.73 Å². The Bertz CT molecular complexity index is 494. The molecule has 1 aromatic carbocycles. The molecule has 0 aromatic heterocycles. The van der Waals surface area contributed by atoms with Crippen molar-refractivity contribution in [3.05, 3.63) is 29.6 Å². The molecule has 0 saturated carbocycles. The summed E-state index contributed by atoms with van der Waals surface area (Å²) < 4.78 is 19.6. The van der Waals surface area contributed by atoms with Crippen LogP contribution in [0.15, 0.2) is 18.2 Å². The highest BCUT2D eigenvalue weighted by Crippen LogP contribution is 2.36. The molecule has 0 aliphatic carbocycles. The van der Waals surface area contributed by atoms with Gasteiger partial charge in [0.05, 0.1) is 23.9 Å². The van der Waals surface area contributed by atoms with Gasteiger partial charge in [0.1, 0.15) is 10.8 Å². The van der Waals surface area contributed by atoms with Gasteiger partial charge in [0.25, 0.3) is 0 Å². The first kappa shape index (κ1) is 11.9. The first-order valence-electron chi connectivity index (χ1n) is 6.15. The Labute approximate surface area is 111 Å². The van der Waals surface area contributed by atoms with Gasteiger partial charge in [-0.05, 0) is 37.5 Å². The summed E-state index contributed by atoms with van der Waals surface area (Å²) in [6, 6.07) is 5.02.